The van der Waals surface area contributed by atoms with Crippen molar-refractivity contribution in [3.05, 3.63) is 24.3 Å². The number of hydrogen-bond acceptors (Lipinski definition) is 4. The summed E-state index contributed by atoms with van der Waals surface area (Å²) in [5, 5.41) is 12.2. The average Bonchev–Trinajstić information content (AvgIpc) is 2.55. The molecule has 6 heteroatoms. The molecule has 0 saturated carbocycles. The van der Waals surface area contributed by atoms with Crippen LogP contribution in [0.1, 0.15) is 26.7 Å². The van der Waals surface area contributed by atoms with Gasteiger partial charge in [0.15, 0.2) is 0 Å². The molecule has 3 unspecified atom stereocenters. The van der Waals surface area contributed by atoms with Crippen molar-refractivity contribution in [2.45, 2.75) is 32.7 Å². The number of amides is 1. The van der Waals surface area contributed by atoms with E-state index in [2.05, 4.69) is 5.32 Å². The molecule has 0 spiro atoms. The molecule has 1 amide bonds. The van der Waals surface area contributed by atoms with E-state index in [-0.39, 0.29) is 17.9 Å². The predicted octanol–water partition coefficient (Wildman–Crippen LogP) is 2.45. The number of benzene rings is 1. The Morgan fingerprint density at radius 3 is 2.54 bits per heavy atom. The fourth-order valence-corrected chi connectivity index (χ4v) is 3.34. The third kappa shape index (κ3) is 4.47. The minimum Gasteiger partial charge on any atom is -0.497 e. The second kappa shape index (κ2) is 8.15. The van der Waals surface area contributed by atoms with Gasteiger partial charge in [0.05, 0.1) is 19.1 Å². The van der Waals surface area contributed by atoms with E-state index in [1.807, 2.05) is 18.7 Å². The van der Waals surface area contributed by atoms with Gasteiger partial charge in [-0.15, -0.1) is 0 Å². The number of likely N-dealkylation sites (tertiary alicyclic amines) is 1. The zero-order valence-corrected chi connectivity index (χ0v) is 14.5. The van der Waals surface area contributed by atoms with Crippen LogP contribution in [0.4, 0.5) is 5.69 Å². The number of nitrogens with one attached hydrogen (secondary N) is 1. The van der Waals surface area contributed by atoms with Gasteiger partial charge in [0.2, 0.25) is 5.91 Å². The lowest BCUT2D eigenvalue weighted by atomic mass is 9.89. The zero-order chi connectivity index (χ0) is 17.7. The van der Waals surface area contributed by atoms with Crippen LogP contribution in [0.5, 0.6) is 5.75 Å². The Bertz CT molecular complexity index is 573. The molecular formula is C18H26N2O4. The van der Waals surface area contributed by atoms with Crippen LogP contribution in [-0.4, -0.2) is 48.1 Å². The van der Waals surface area contributed by atoms with E-state index >= 15 is 0 Å². The number of aliphatic carboxylic acids is 1. The SMILES string of the molecule is CCC(C(=O)Nc1ccc(OC)cc1)N1CC(C)CC(C(=O)O)C1. The Morgan fingerprint density at radius 1 is 1.33 bits per heavy atom. The molecule has 0 radical (unpaired) electrons. The average molecular weight is 334 g/mol. The number of ether oxygens (including phenoxy) is 1. The summed E-state index contributed by atoms with van der Waals surface area (Å²) >= 11 is 0. The van der Waals surface area contributed by atoms with Crippen molar-refractivity contribution in [3.8, 4) is 5.75 Å². The first-order valence-corrected chi connectivity index (χ1v) is 8.36. The molecule has 3 atom stereocenters. The summed E-state index contributed by atoms with van der Waals surface area (Å²) in [7, 11) is 1.59. The first kappa shape index (κ1) is 18.3. The summed E-state index contributed by atoms with van der Waals surface area (Å²) in [6.45, 7) is 5.16. The minimum atomic E-state index is -0.781. The monoisotopic (exact) mass is 334 g/mol. The molecule has 0 aliphatic carbocycles. The van der Waals surface area contributed by atoms with Crippen molar-refractivity contribution >= 4 is 17.6 Å². The number of methoxy groups -OCH3 is 1. The summed E-state index contributed by atoms with van der Waals surface area (Å²) < 4.78 is 5.11. The third-order valence-corrected chi connectivity index (χ3v) is 4.52. The Morgan fingerprint density at radius 2 is 2.00 bits per heavy atom. The summed E-state index contributed by atoms with van der Waals surface area (Å²) in [5.74, 6) is -0.286. The lowest BCUT2D eigenvalue weighted by Crippen LogP contribution is -2.51. The van der Waals surface area contributed by atoms with Gasteiger partial charge in [-0.25, -0.2) is 0 Å². The van der Waals surface area contributed by atoms with Gasteiger partial charge in [-0.2, -0.15) is 0 Å². The maximum absolute atomic E-state index is 12.6. The van der Waals surface area contributed by atoms with Gasteiger partial charge in [-0.05, 0) is 43.0 Å². The maximum atomic E-state index is 12.6. The number of carbonyl (C=O) groups is 2. The topological polar surface area (TPSA) is 78.9 Å². The highest BCUT2D eigenvalue weighted by Crippen LogP contribution is 2.25. The van der Waals surface area contributed by atoms with Crippen LogP contribution in [0.25, 0.3) is 0 Å². The molecule has 6 nitrogen and oxygen atoms in total. The lowest BCUT2D eigenvalue weighted by molar-refractivity contribution is -0.145. The van der Waals surface area contributed by atoms with Gasteiger partial charge in [-0.1, -0.05) is 13.8 Å². The number of carboxylic acid groups (broad SMARTS) is 1. The predicted molar refractivity (Wildman–Crippen MR) is 92.2 cm³/mol. The number of carboxylic acids is 1. The van der Waals surface area contributed by atoms with Crippen LogP contribution < -0.4 is 10.1 Å². The number of carbonyl (C=O) groups excluding carboxylic acids is 1. The molecule has 1 saturated heterocycles. The molecule has 132 valence electrons. The highest BCUT2D eigenvalue weighted by Gasteiger charge is 2.35. The van der Waals surface area contributed by atoms with Crippen LogP contribution in [0, 0.1) is 11.8 Å². The first-order chi connectivity index (χ1) is 11.4. The molecular weight excluding hydrogens is 308 g/mol. The molecule has 0 bridgehead atoms. The van der Waals surface area contributed by atoms with Crippen LogP contribution in [-0.2, 0) is 9.59 Å². The van der Waals surface area contributed by atoms with E-state index in [9.17, 15) is 14.7 Å². The zero-order valence-electron chi connectivity index (χ0n) is 14.5. The maximum Gasteiger partial charge on any atom is 0.307 e. The normalized spacial score (nSPS) is 22.6. The molecule has 1 aromatic rings. The summed E-state index contributed by atoms with van der Waals surface area (Å²) in [6, 6.07) is 6.85. The van der Waals surface area contributed by atoms with Crippen molar-refractivity contribution in [1.82, 2.24) is 4.90 Å². The number of anilines is 1. The fourth-order valence-electron chi connectivity index (χ4n) is 3.34. The van der Waals surface area contributed by atoms with E-state index in [1.165, 1.54) is 0 Å². The smallest absolute Gasteiger partial charge is 0.307 e. The molecule has 1 fully saturated rings. The molecule has 1 heterocycles. The second-order valence-corrected chi connectivity index (χ2v) is 6.47. The Balaban J connectivity index is 2.05. The molecule has 2 rings (SSSR count). The summed E-state index contributed by atoms with van der Waals surface area (Å²) in [5.41, 5.74) is 0.707. The Kier molecular flexibility index (Phi) is 6.20. The van der Waals surface area contributed by atoms with Crippen LogP contribution in [0.3, 0.4) is 0 Å². The molecule has 1 aromatic carbocycles. The third-order valence-electron chi connectivity index (χ3n) is 4.52. The Hall–Kier alpha value is -2.08. The molecule has 24 heavy (non-hydrogen) atoms. The van der Waals surface area contributed by atoms with Gasteiger partial charge in [0, 0.05) is 18.8 Å². The van der Waals surface area contributed by atoms with Crippen molar-refractivity contribution in [3.63, 3.8) is 0 Å². The Labute approximate surface area is 142 Å². The quantitative estimate of drug-likeness (QED) is 0.835. The van der Waals surface area contributed by atoms with Crippen molar-refractivity contribution < 1.29 is 19.4 Å². The van der Waals surface area contributed by atoms with Crippen molar-refractivity contribution in [2.75, 3.05) is 25.5 Å². The highest BCUT2D eigenvalue weighted by atomic mass is 16.5. The van der Waals surface area contributed by atoms with E-state index in [1.54, 1.807) is 31.4 Å². The second-order valence-electron chi connectivity index (χ2n) is 6.47. The first-order valence-electron chi connectivity index (χ1n) is 8.36. The van der Waals surface area contributed by atoms with Gasteiger partial charge in [0.25, 0.3) is 0 Å². The number of piperidine rings is 1. The standard InChI is InChI=1S/C18H26N2O4/c1-4-16(20-10-12(2)9-13(11-20)18(22)23)17(21)19-14-5-7-15(24-3)8-6-14/h5-8,12-13,16H,4,9-11H2,1-3H3,(H,19,21)(H,22,23). The highest BCUT2D eigenvalue weighted by molar-refractivity contribution is 5.94. The van der Waals surface area contributed by atoms with Gasteiger partial charge in [-0.3, -0.25) is 14.5 Å². The fraction of sp³-hybridized carbons (Fsp3) is 0.556. The van der Waals surface area contributed by atoms with Gasteiger partial charge < -0.3 is 15.2 Å². The van der Waals surface area contributed by atoms with E-state index in [4.69, 9.17) is 4.74 Å². The van der Waals surface area contributed by atoms with Crippen LogP contribution >= 0.6 is 0 Å². The number of rotatable bonds is 6. The number of nitrogens with zero attached hydrogens (tertiary/aromatic N) is 1. The van der Waals surface area contributed by atoms with Crippen molar-refractivity contribution in [2.24, 2.45) is 11.8 Å². The molecule has 1 aliphatic rings. The largest absolute Gasteiger partial charge is 0.497 e. The van der Waals surface area contributed by atoms with Crippen molar-refractivity contribution in [1.29, 1.82) is 0 Å². The van der Waals surface area contributed by atoms with Gasteiger partial charge in [0.1, 0.15) is 5.75 Å². The summed E-state index contributed by atoms with van der Waals surface area (Å²) in [6.07, 6.45) is 1.31. The minimum absolute atomic E-state index is 0.0964. The van der Waals surface area contributed by atoms with Crippen LogP contribution in [0.2, 0.25) is 0 Å². The molecule has 2 N–H and O–H groups in total. The molecule has 0 aromatic heterocycles. The molecule has 1 aliphatic heterocycles. The van der Waals surface area contributed by atoms with E-state index in [0.717, 1.165) is 12.3 Å². The van der Waals surface area contributed by atoms with Crippen LogP contribution in [0.15, 0.2) is 24.3 Å². The van der Waals surface area contributed by atoms with E-state index < -0.39 is 11.9 Å². The lowest BCUT2D eigenvalue weighted by Gasteiger charge is -2.38. The number of hydrogen-bond donors (Lipinski definition) is 2. The summed E-state index contributed by atoms with van der Waals surface area (Å²) in [4.78, 5) is 26.0. The van der Waals surface area contributed by atoms with E-state index in [0.29, 0.717) is 25.1 Å². The van der Waals surface area contributed by atoms with Gasteiger partial charge >= 0.3 is 5.97 Å².